The maximum absolute atomic E-state index is 11.9. The fourth-order valence-electron chi connectivity index (χ4n) is 2.05. The molecule has 1 saturated heterocycles. The number of nitrogens with zero attached hydrogens (tertiary/aromatic N) is 1. The second-order valence-electron chi connectivity index (χ2n) is 4.59. The van der Waals surface area contributed by atoms with Gasteiger partial charge in [-0.1, -0.05) is 18.2 Å². The van der Waals surface area contributed by atoms with Crippen molar-refractivity contribution in [1.29, 1.82) is 0 Å². The number of sulfonamides is 1. The van der Waals surface area contributed by atoms with Crippen molar-refractivity contribution in [2.75, 3.05) is 32.7 Å². The first kappa shape index (κ1) is 17.9. The normalized spacial score (nSPS) is 15.3. The van der Waals surface area contributed by atoms with Crippen LogP contribution >= 0.6 is 12.4 Å². The number of nitrogens with one attached hydrogen (secondary N) is 2. The number of rotatable bonds is 5. The van der Waals surface area contributed by atoms with Gasteiger partial charge < -0.3 is 10.2 Å². The van der Waals surface area contributed by atoms with Gasteiger partial charge in [0.1, 0.15) is 0 Å². The zero-order valence-electron chi connectivity index (χ0n) is 11.6. The highest BCUT2D eigenvalue weighted by molar-refractivity contribution is 7.89. The van der Waals surface area contributed by atoms with Gasteiger partial charge in [0, 0.05) is 39.1 Å². The standard InChI is InChI=1S/C13H19N3O3S.ClH/c17-13(16-10-8-14-9-11-16)6-7-15-20(18,19)12-4-2-1-3-5-12;/h1-5,14-15H,6-11H2;1H. The monoisotopic (exact) mass is 333 g/mol. The first-order valence-corrected chi connectivity index (χ1v) is 8.11. The highest BCUT2D eigenvalue weighted by Crippen LogP contribution is 2.07. The maximum Gasteiger partial charge on any atom is 0.240 e. The van der Waals surface area contributed by atoms with E-state index in [1.807, 2.05) is 0 Å². The highest BCUT2D eigenvalue weighted by Gasteiger charge is 2.17. The number of piperazine rings is 1. The van der Waals surface area contributed by atoms with E-state index in [1.54, 1.807) is 23.1 Å². The Balaban J connectivity index is 0.00000220. The van der Waals surface area contributed by atoms with Crippen LogP contribution in [-0.4, -0.2) is 51.9 Å². The Morgan fingerprint density at radius 1 is 1.19 bits per heavy atom. The van der Waals surface area contributed by atoms with Gasteiger partial charge in [0.2, 0.25) is 15.9 Å². The van der Waals surface area contributed by atoms with Gasteiger partial charge in [0.15, 0.2) is 0 Å². The molecule has 1 aliphatic rings. The molecule has 1 aliphatic heterocycles. The van der Waals surface area contributed by atoms with Crippen molar-refractivity contribution in [1.82, 2.24) is 14.9 Å². The average molecular weight is 334 g/mol. The molecule has 6 nitrogen and oxygen atoms in total. The molecule has 8 heteroatoms. The molecular formula is C13H20ClN3O3S. The average Bonchev–Trinajstić information content (AvgIpc) is 2.49. The summed E-state index contributed by atoms with van der Waals surface area (Å²) in [7, 11) is -3.52. The van der Waals surface area contributed by atoms with Gasteiger partial charge in [0.05, 0.1) is 4.90 Å². The van der Waals surface area contributed by atoms with Crippen LogP contribution in [0, 0.1) is 0 Å². The van der Waals surface area contributed by atoms with E-state index in [2.05, 4.69) is 10.0 Å². The number of carbonyl (C=O) groups excluding carboxylic acids is 1. The first-order valence-electron chi connectivity index (χ1n) is 6.63. The molecule has 1 amide bonds. The summed E-state index contributed by atoms with van der Waals surface area (Å²) in [5.41, 5.74) is 0. The summed E-state index contributed by atoms with van der Waals surface area (Å²) in [5, 5.41) is 3.17. The lowest BCUT2D eigenvalue weighted by molar-refractivity contribution is -0.131. The van der Waals surface area contributed by atoms with Crippen LogP contribution in [0.1, 0.15) is 6.42 Å². The van der Waals surface area contributed by atoms with Crippen molar-refractivity contribution < 1.29 is 13.2 Å². The lowest BCUT2D eigenvalue weighted by atomic mass is 10.3. The van der Waals surface area contributed by atoms with Gasteiger partial charge >= 0.3 is 0 Å². The molecule has 0 spiro atoms. The molecule has 1 heterocycles. The summed E-state index contributed by atoms with van der Waals surface area (Å²) < 4.78 is 26.3. The van der Waals surface area contributed by atoms with Crippen LogP contribution in [0.15, 0.2) is 35.2 Å². The molecule has 0 saturated carbocycles. The number of amides is 1. The summed E-state index contributed by atoms with van der Waals surface area (Å²) in [6.07, 6.45) is 0.187. The van der Waals surface area contributed by atoms with E-state index >= 15 is 0 Å². The van der Waals surface area contributed by atoms with Gasteiger partial charge in [-0.2, -0.15) is 0 Å². The Morgan fingerprint density at radius 3 is 2.43 bits per heavy atom. The molecular weight excluding hydrogens is 314 g/mol. The molecule has 0 aromatic heterocycles. The van der Waals surface area contributed by atoms with Crippen molar-refractivity contribution in [3.8, 4) is 0 Å². The molecule has 2 N–H and O–H groups in total. The largest absolute Gasteiger partial charge is 0.340 e. The van der Waals surface area contributed by atoms with Crippen molar-refractivity contribution in [2.24, 2.45) is 0 Å². The van der Waals surface area contributed by atoms with Crippen LogP contribution in [0.4, 0.5) is 0 Å². The van der Waals surface area contributed by atoms with Crippen molar-refractivity contribution in [2.45, 2.75) is 11.3 Å². The molecule has 21 heavy (non-hydrogen) atoms. The van der Waals surface area contributed by atoms with Gasteiger partial charge in [-0.05, 0) is 12.1 Å². The van der Waals surface area contributed by atoms with Gasteiger partial charge in [-0.15, -0.1) is 12.4 Å². The van der Waals surface area contributed by atoms with Crippen LogP contribution in [-0.2, 0) is 14.8 Å². The van der Waals surface area contributed by atoms with E-state index in [9.17, 15) is 13.2 Å². The van der Waals surface area contributed by atoms with Crippen molar-refractivity contribution >= 4 is 28.3 Å². The van der Waals surface area contributed by atoms with E-state index in [4.69, 9.17) is 0 Å². The lowest BCUT2D eigenvalue weighted by Gasteiger charge is -2.27. The minimum atomic E-state index is -3.52. The molecule has 0 bridgehead atoms. The number of hydrogen-bond acceptors (Lipinski definition) is 4. The van der Waals surface area contributed by atoms with Crippen LogP contribution in [0.25, 0.3) is 0 Å². The van der Waals surface area contributed by atoms with Crippen molar-refractivity contribution in [3.63, 3.8) is 0 Å². The minimum Gasteiger partial charge on any atom is -0.340 e. The molecule has 118 valence electrons. The first-order chi connectivity index (χ1) is 9.59. The zero-order chi connectivity index (χ0) is 14.4. The second kappa shape index (κ2) is 8.33. The smallest absolute Gasteiger partial charge is 0.240 e. The molecule has 1 aromatic rings. The van der Waals surface area contributed by atoms with Gasteiger partial charge in [-0.3, -0.25) is 4.79 Å². The number of hydrogen-bond donors (Lipinski definition) is 2. The van der Waals surface area contributed by atoms with Crippen LogP contribution in [0.3, 0.4) is 0 Å². The molecule has 0 atom stereocenters. The van der Waals surface area contributed by atoms with Crippen LogP contribution < -0.4 is 10.0 Å². The third-order valence-electron chi connectivity index (χ3n) is 3.15. The predicted molar refractivity (Wildman–Crippen MR) is 82.9 cm³/mol. The Hall–Kier alpha value is -1.15. The van der Waals surface area contributed by atoms with Crippen LogP contribution in [0.2, 0.25) is 0 Å². The SMILES string of the molecule is Cl.O=C(CCNS(=O)(=O)c1ccccc1)N1CCNCC1. The Labute approximate surface area is 131 Å². The number of benzene rings is 1. The van der Waals surface area contributed by atoms with E-state index in [0.717, 1.165) is 13.1 Å². The van der Waals surface area contributed by atoms with E-state index < -0.39 is 10.0 Å². The molecule has 0 radical (unpaired) electrons. The predicted octanol–water partition coefficient (Wildman–Crippen LogP) is 0.209. The lowest BCUT2D eigenvalue weighted by Crippen LogP contribution is -2.47. The Bertz CT molecular complexity index is 545. The molecule has 1 aromatic carbocycles. The minimum absolute atomic E-state index is 0. The molecule has 0 aliphatic carbocycles. The molecule has 2 rings (SSSR count). The van der Waals surface area contributed by atoms with Crippen molar-refractivity contribution in [3.05, 3.63) is 30.3 Å². The summed E-state index contributed by atoms with van der Waals surface area (Å²) in [6, 6.07) is 8.15. The summed E-state index contributed by atoms with van der Waals surface area (Å²) >= 11 is 0. The van der Waals surface area contributed by atoms with Gasteiger partial charge in [0.25, 0.3) is 0 Å². The zero-order valence-corrected chi connectivity index (χ0v) is 13.3. The number of carbonyl (C=O) groups is 1. The fourth-order valence-corrected chi connectivity index (χ4v) is 3.10. The summed E-state index contributed by atoms with van der Waals surface area (Å²) in [6.45, 7) is 3.08. The van der Waals surface area contributed by atoms with E-state index in [1.165, 1.54) is 12.1 Å². The topological polar surface area (TPSA) is 78.5 Å². The van der Waals surface area contributed by atoms with Gasteiger partial charge in [-0.25, -0.2) is 13.1 Å². The summed E-state index contributed by atoms with van der Waals surface area (Å²) in [4.78, 5) is 13.9. The Morgan fingerprint density at radius 2 is 1.81 bits per heavy atom. The highest BCUT2D eigenvalue weighted by atomic mass is 35.5. The fraction of sp³-hybridized carbons (Fsp3) is 0.462. The third kappa shape index (κ3) is 5.28. The summed E-state index contributed by atoms with van der Waals surface area (Å²) in [5.74, 6) is -0.0118. The maximum atomic E-state index is 11.9. The third-order valence-corrected chi connectivity index (χ3v) is 4.63. The second-order valence-corrected chi connectivity index (χ2v) is 6.36. The quantitative estimate of drug-likeness (QED) is 0.807. The molecule has 1 fully saturated rings. The van der Waals surface area contributed by atoms with Crippen LogP contribution in [0.5, 0.6) is 0 Å². The van der Waals surface area contributed by atoms with E-state index in [-0.39, 0.29) is 36.2 Å². The van der Waals surface area contributed by atoms with E-state index in [0.29, 0.717) is 13.1 Å². The Kier molecular flexibility index (Phi) is 7.10. The molecule has 0 unspecified atom stereocenters. The number of halogens is 1.